The van der Waals surface area contributed by atoms with E-state index in [0.29, 0.717) is 5.56 Å². The number of hydrogen-bond donors (Lipinski definition) is 2. The van der Waals surface area contributed by atoms with Crippen molar-refractivity contribution in [1.29, 1.82) is 0 Å². The molecule has 0 bridgehead atoms. The van der Waals surface area contributed by atoms with Gasteiger partial charge in [-0.2, -0.15) is 0 Å². The van der Waals surface area contributed by atoms with Gasteiger partial charge in [-0.1, -0.05) is 17.7 Å². The summed E-state index contributed by atoms with van der Waals surface area (Å²) in [5.41, 5.74) is 0.395. The molecular formula is C10H13ClO2. The molecule has 0 amide bonds. The van der Waals surface area contributed by atoms with Gasteiger partial charge in [-0.3, -0.25) is 0 Å². The van der Waals surface area contributed by atoms with Crippen molar-refractivity contribution < 1.29 is 10.2 Å². The fourth-order valence-corrected chi connectivity index (χ4v) is 1.54. The summed E-state index contributed by atoms with van der Waals surface area (Å²) in [6.45, 7) is 5.10. The lowest BCUT2D eigenvalue weighted by Gasteiger charge is -2.20. The maximum absolute atomic E-state index is 9.72. The Bertz CT molecular complexity index is 326. The summed E-state index contributed by atoms with van der Waals surface area (Å²) in [4.78, 5) is 0. The van der Waals surface area contributed by atoms with Crippen molar-refractivity contribution in [3.63, 3.8) is 0 Å². The molecule has 3 heteroatoms. The van der Waals surface area contributed by atoms with Crippen molar-refractivity contribution in [2.75, 3.05) is 0 Å². The quantitative estimate of drug-likeness (QED) is 0.732. The van der Waals surface area contributed by atoms with Crippen molar-refractivity contribution in [2.24, 2.45) is 0 Å². The van der Waals surface area contributed by atoms with Crippen molar-refractivity contribution >= 4 is 11.6 Å². The highest BCUT2D eigenvalue weighted by molar-refractivity contribution is 6.32. The normalized spacial score (nSPS) is 11.8. The van der Waals surface area contributed by atoms with Crippen LogP contribution in [-0.4, -0.2) is 10.2 Å². The Morgan fingerprint density at radius 2 is 1.85 bits per heavy atom. The standard InChI is InChI=1S/C10H13ClO2/c1-6-4-7(10(2,3)13)9(11)8(12)5-6/h4-5,12-13H,1-3H3. The van der Waals surface area contributed by atoms with Gasteiger partial charge < -0.3 is 10.2 Å². The molecule has 13 heavy (non-hydrogen) atoms. The first-order valence-corrected chi connectivity index (χ1v) is 4.42. The van der Waals surface area contributed by atoms with Gasteiger partial charge in [0, 0.05) is 5.56 Å². The lowest BCUT2D eigenvalue weighted by atomic mass is 9.96. The number of rotatable bonds is 1. The van der Waals surface area contributed by atoms with E-state index in [2.05, 4.69) is 0 Å². The molecule has 72 valence electrons. The predicted molar refractivity (Wildman–Crippen MR) is 53.1 cm³/mol. The highest BCUT2D eigenvalue weighted by Gasteiger charge is 2.21. The van der Waals surface area contributed by atoms with Crippen molar-refractivity contribution in [1.82, 2.24) is 0 Å². The smallest absolute Gasteiger partial charge is 0.134 e. The molecule has 1 aromatic carbocycles. The third-order valence-corrected chi connectivity index (χ3v) is 2.25. The molecule has 0 aliphatic carbocycles. The minimum Gasteiger partial charge on any atom is -0.506 e. The van der Waals surface area contributed by atoms with Crippen LogP contribution in [-0.2, 0) is 5.60 Å². The highest BCUT2D eigenvalue weighted by Crippen LogP contribution is 2.34. The first-order valence-electron chi connectivity index (χ1n) is 4.04. The summed E-state index contributed by atoms with van der Waals surface area (Å²) < 4.78 is 0. The number of hydrogen-bond acceptors (Lipinski definition) is 2. The van der Waals surface area contributed by atoms with E-state index in [9.17, 15) is 10.2 Å². The van der Waals surface area contributed by atoms with Crippen LogP contribution in [0, 0.1) is 6.92 Å². The van der Waals surface area contributed by atoms with Crippen LogP contribution in [0.2, 0.25) is 5.02 Å². The Balaban J connectivity index is 3.37. The predicted octanol–water partition coefficient (Wildman–Crippen LogP) is 2.58. The highest BCUT2D eigenvalue weighted by atomic mass is 35.5. The topological polar surface area (TPSA) is 40.5 Å². The first-order chi connectivity index (χ1) is 5.82. The lowest BCUT2D eigenvalue weighted by molar-refractivity contribution is 0.0784. The van der Waals surface area contributed by atoms with Crippen molar-refractivity contribution in [3.05, 3.63) is 28.3 Å². The van der Waals surface area contributed by atoms with Crippen LogP contribution in [0.1, 0.15) is 25.0 Å². The van der Waals surface area contributed by atoms with Gasteiger partial charge in [0.05, 0.1) is 10.6 Å². The second kappa shape index (κ2) is 3.20. The Hall–Kier alpha value is -0.730. The van der Waals surface area contributed by atoms with Gasteiger partial charge in [-0.15, -0.1) is 0 Å². The number of aliphatic hydroxyl groups is 1. The molecule has 0 saturated carbocycles. The largest absolute Gasteiger partial charge is 0.506 e. The Kier molecular flexibility index (Phi) is 2.55. The van der Waals surface area contributed by atoms with E-state index in [1.807, 2.05) is 6.92 Å². The van der Waals surface area contributed by atoms with Gasteiger partial charge in [0.25, 0.3) is 0 Å². The molecule has 0 aliphatic rings. The molecule has 0 spiro atoms. The molecule has 0 unspecified atom stereocenters. The van der Waals surface area contributed by atoms with Gasteiger partial charge in [-0.25, -0.2) is 0 Å². The zero-order valence-corrected chi connectivity index (χ0v) is 8.68. The number of phenols is 1. The SMILES string of the molecule is Cc1cc(O)c(Cl)c(C(C)(C)O)c1. The average molecular weight is 201 g/mol. The van der Waals surface area contributed by atoms with Crippen LogP contribution in [0.5, 0.6) is 5.75 Å². The van der Waals surface area contributed by atoms with Gasteiger partial charge in [0.1, 0.15) is 5.75 Å². The molecule has 0 saturated heterocycles. The lowest BCUT2D eigenvalue weighted by Crippen LogP contribution is -2.16. The van der Waals surface area contributed by atoms with E-state index in [-0.39, 0.29) is 10.8 Å². The molecule has 2 N–H and O–H groups in total. The van der Waals surface area contributed by atoms with Crippen LogP contribution in [0.4, 0.5) is 0 Å². The molecule has 0 heterocycles. The van der Waals surface area contributed by atoms with Crippen LogP contribution in [0.15, 0.2) is 12.1 Å². The fraction of sp³-hybridized carbons (Fsp3) is 0.400. The van der Waals surface area contributed by atoms with Gasteiger partial charge >= 0.3 is 0 Å². The van der Waals surface area contributed by atoms with Crippen molar-refractivity contribution in [2.45, 2.75) is 26.4 Å². The number of halogens is 1. The number of aryl methyl sites for hydroxylation is 1. The molecule has 0 fully saturated rings. The zero-order valence-electron chi connectivity index (χ0n) is 7.93. The molecule has 2 nitrogen and oxygen atoms in total. The van der Waals surface area contributed by atoms with E-state index < -0.39 is 5.60 Å². The van der Waals surface area contributed by atoms with E-state index in [1.165, 1.54) is 0 Å². The molecular weight excluding hydrogens is 188 g/mol. The summed E-state index contributed by atoms with van der Waals surface area (Å²) in [6.07, 6.45) is 0. The van der Waals surface area contributed by atoms with Gasteiger partial charge in [0.2, 0.25) is 0 Å². The number of benzene rings is 1. The van der Waals surface area contributed by atoms with E-state index in [4.69, 9.17) is 11.6 Å². The van der Waals surface area contributed by atoms with E-state index in [1.54, 1.807) is 26.0 Å². The molecule has 0 aromatic heterocycles. The molecule has 0 atom stereocenters. The molecule has 1 aromatic rings. The second-order valence-corrected chi connectivity index (χ2v) is 4.08. The van der Waals surface area contributed by atoms with Crippen LogP contribution in [0.3, 0.4) is 0 Å². The Morgan fingerprint density at radius 3 is 2.31 bits per heavy atom. The Morgan fingerprint density at radius 1 is 1.31 bits per heavy atom. The first kappa shape index (κ1) is 10.4. The summed E-state index contributed by atoms with van der Waals surface area (Å²) in [7, 11) is 0. The molecule has 1 rings (SSSR count). The maximum Gasteiger partial charge on any atom is 0.134 e. The van der Waals surface area contributed by atoms with Crippen molar-refractivity contribution in [3.8, 4) is 5.75 Å². The molecule has 0 radical (unpaired) electrons. The third kappa shape index (κ3) is 2.14. The minimum atomic E-state index is -1.03. The maximum atomic E-state index is 9.72. The van der Waals surface area contributed by atoms with Crippen LogP contribution >= 0.6 is 11.6 Å². The second-order valence-electron chi connectivity index (χ2n) is 3.70. The van der Waals surface area contributed by atoms with E-state index >= 15 is 0 Å². The molecule has 0 aliphatic heterocycles. The van der Waals surface area contributed by atoms with Gasteiger partial charge in [-0.05, 0) is 32.4 Å². The summed E-state index contributed by atoms with van der Waals surface area (Å²) in [5, 5.41) is 19.3. The third-order valence-electron chi connectivity index (χ3n) is 1.86. The summed E-state index contributed by atoms with van der Waals surface area (Å²) in [6, 6.07) is 3.33. The van der Waals surface area contributed by atoms with E-state index in [0.717, 1.165) is 5.56 Å². The number of phenolic OH excluding ortho intramolecular Hbond substituents is 1. The van der Waals surface area contributed by atoms with Crippen LogP contribution < -0.4 is 0 Å². The monoisotopic (exact) mass is 200 g/mol. The average Bonchev–Trinajstić information content (AvgIpc) is 1.94. The number of aromatic hydroxyl groups is 1. The zero-order chi connectivity index (χ0) is 10.2. The summed E-state index contributed by atoms with van der Waals surface area (Å²) in [5.74, 6) is 0.0128. The van der Waals surface area contributed by atoms with Crippen LogP contribution in [0.25, 0.3) is 0 Å². The Labute approximate surface area is 82.8 Å². The van der Waals surface area contributed by atoms with Gasteiger partial charge in [0.15, 0.2) is 0 Å². The summed E-state index contributed by atoms with van der Waals surface area (Å²) >= 11 is 5.84. The minimum absolute atomic E-state index is 0.0128. The fourth-order valence-electron chi connectivity index (χ4n) is 1.19.